The van der Waals surface area contributed by atoms with Gasteiger partial charge in [0.25, 0.3) is 0 Å². The molecule has 2 aliphatic rings. The molecule has 2 bridgehead atoms. The van der Waals surface area contributed by atoms with Crippen molar-refractivity contribution < 1.29 is 13.5 Å². The van der Waals surface area contributed by atoms with E-state index >= 15 is 0 Å². The Hall–Kier alpha value is -1.93. The summed E-state index contributed by atoms with van der Waals surface area (Å²) in [5, 5.41) is 10.6. The van der Waals surface area contributed by atoms with Gasteiger partial charge in [0.2, 0.25) is 10.0 Å². The number of likely N-dealkylation sites (tertiary alicyclic amines) is 2. The topological polar surface area (TPSA) is 72.9 Å². The van der Waals surface area contributed by atoms with Gasteiger partial charge in [0.15, 0.2) is 0 Å². The van der Waals surface area contributed by atoms with Gasteiger partial charge in [0.05, 0.1) is 12.4 Å². The van der Waals surface area contributed by atoms with Crippen LogP contribution in [0.2, 0.25) is 0 Å². The number of fused-ring (bicyclic) bond motifs is 2. The van der Waals surface area contributed by atoms with Crippen LogP contribution in [0.3, 0.4) is 0 Å². The van der Waals surface area contributed by atoms with Crippen LogP contribution in [0.25, 0.3) is 0 Å². The van der Waals surface area contributed by atoms with Crippen LogP contribution < -0.4 is 4.72 Å². The van der Waals surface area contributed by atoms with Crippen molar-refractivity contribution >= 4 is 15.7 Å². The molecule has 2 heterocycles. The molecule has 0 radical (unpaired) electrons. The molecule has 0 amide bonds. The third kappa shape index (κ3) is 4.55. The molecular weight excluding hydrogens is 374 g/mol. The Kier molecular flexibility index (Phi) is 5.42. The summed E-state index contributed by atoms with van der Waals surface area (Å²) >= 11 is 0. The molecule has 2 saturated heterocycles. The van der Waals surface area contributed by atoms with Crippen molar-refractivity contribution in [2.75, 3.05) is 30.6 Å². The lowest BCUT2D eigenvalue weighted by Crippen LogP contribution is -2.47. The van der Waals surface area contributed by atoms with Crippen LogP contribution in [-0.2, 0) is 16.6 Å². The minimum absolute atomic E-state index is 0.495. The van der Waals surface area contributed by atoms with Gasteiger partial charge in [-0.15, -0.1) is 0 Å². The lowest BCUT2D eigenvalue weighted by Gasteiger charge is -2.35. The summed E-state index contributed by atoms with van der Waals surface area (Å²) in [6.07, 6.45) is 1.71. The summed E-state index contributed by atoms with van der Waals surface area (Å²) in [6.45, 7) is 3.64. The maximum atomic E-state index is 11.3. The van der Waals surface area contributed by atoms with Crippen LogP contribution in [0, 0.1) is 0 Å². The molecule has 2 N–H and O–H groups in total. The first kappa shape index (κ1) is 19.4. The fourth-order valence-electron chi connectivity index (χ4n) is 4.38. The quantitative estimate of drug-likeness (QED) is 0.743. The zero-order valence-electron chi connectivity index (χ0n) is 16.0. The van der Waals surface area contributed by atoms with E-state index in [0.717, 1.165) is 37.9 Å². The Labute approximate surface area is 166 Å². The SMILES string of the molecule is CS(=O)(=O)Nc1ccc(C(O)CN2CC3CC2CN3Cc2ccccc2)cc1. The van der Waals surface area contributed by atoms with Gasteiger partial charge in [0, 0.05) is 44.0 Å². The van der Waals surface area contributed by atoms with E-state index in [1.165, 1.54) is 5.56 Å². The Bertz CT molecular complexity index is 902. The molecule has 0 spiro atoms. The number of rotatable bonds is 7. The van der Waals surface area contributed by atoms with E-state index in [1.807, 2.05) is 6.07 Å². The van der Waals surface area contributed by atoms with E-state index in [9.17, 15) is 13.5 Å². The van der Waals surface area contributed by atoms with Crippen LogP contribution in [0.1, 0.15) is 23.7 Å². The zero-order valence-corrected chi connectivity index (χ0v) is 16.8. The minimum atomic E-state index is -3.29. The predicted octanol–water partition coefficient (Wildman–Crippen LogP) is 2.05. The molecular formula is C21H27N3O3S. The van der Waals surface area contributed by atoms with Crippen LogP contribution in [0.5, 0.6) is 0 Å². The zero-order chi connectivity index (χ0) is 19.7. The number of nitrogens with one attached hydrogen (secondary N) is 1. The molecule has 6 nitrogen and oxygen atoms in total. The summed E-state index contributed by atoms with van der Waals surface area (Å²) in [7, 11) is -3.29. The van der Waals surface area contributed by atoms with Crippen molar-refractivity contribution in [3.8, 4) is 0 Å². The molecule has 2 aliphatic heterocycles. The molecule has 3 atom stereocenters. The van der Waals surface area contributed by atoms with E-state index in [2.05, 4.69) is 38.8 Å². The number of sulfonamides is 1. The molecule has 3 unspecified atom stereocenters. The highest BCUT2D eigenvalue weighted by atomic mass is 32.2. The van der Waals surface area contributed by atoms with Crippen LogP contribution >= 0.6 is 0 Å². The second-order valence-electron chi connectivity index (χ2n) is 7.92. The average Bonchev–Trinajstić information content (AvgIpc) is 3.22. The lowest BCUT2D eigenvalue weighted by molar-refractivity contribution is 0.0670. The number of piperazine rings is 1. The average molecular weight is 402 g/mol. The summed E-state index contributed by atoms with van der Waals surface area (Å²) in [4.78, 5) is 4.94. The van der Waals surface area contributed by atoms with Crippen molar-refractivity contribution in [2.45, 2.75) is 31.2 Å². The summed E-state index contributed by atoms with van der Waals surface area (Å²) in [5.74, 6) is 0. The maximum Gasteiger partial charge on any atom is 0.229 e. The standard InChI is InChI=1S/C21H27N3O3S/c1-28(26,27)22-18-9-7-17(8-10-18)21(25)15-24-14-19-11-20(24)13-23(19)12-16-5-3-2-4-6-16/h2-10,19-22,25H,11-15H2,1H3. The van der Waals surface area contributed by atoms with E-state index in [4.69, 9.17) is 0 Å². The lowest BCUT2D eigenvalue weighted by atomic mass is 10.1. The van der Waals surface area contributed by atoms with E-state index < -0.39 is 16.1 Å². The maximum absolute atomic E-state index is 11.3. The minimum Gasteiger partial charge on any atom is -0.387 e. The Morgan fingerprint density at radius 2 is 1.68 bits per heavy atom. The molecule has 28 heavy (non-hydrogen) atoms. The van der Waals surface area contributed by atoms with E-state index in [1.54, 1.807) is 24.3 Å². The molecule has 4 rings (SSSR count). The number of aliphatic hydroxyl groups excluding tert-OH is 1. The smallest absolute Gasteiger partial charge is 0.229 e. The Morgan fingerprint density at radius 3 is 2.29 bits per heavy atom. The molecule has 150 valence electrons. The summed E-state index contributed by atoms with van der Waals surface area (Å²) < 4.78 is 25.0. The Morgan fingerprint density at radius 1 is 1.04 bits per heavy atom. The van der Waals surface area contributed by atoms with Crippen LogP contribution in [-0.4, -0.2) is 61.3 Å². The number of hydrogen-bond donors (Lipinski definition) is 2. The van der Waals surface area contributed by atoms with Gasteiger partial charge in [-0.2, -0.15) is 0 Å². The second kappa shape index (κ2) is 7.83. The normalized spacial score (nSPS) is 23.8. The summed E-state index contributed by atoms with van der Waals surface area (Å²) in [5.41, 5.74) is 2.67. The van der Waals surface area contributed by atoms with Gasteiger partial charge in [-0.1, -0.05) is 42.5 Å². The van der Waals surface area contributed by atoms with Crippen LogP contribution in [0.15, 0.2) is 54.6 Å². The fourth-order valence-corrected chi connectivity index (χ4v) is 4.95. The predicted molar refractivity (Wildman–Crippen MR) is 110 cm³/mol. The monoisotopic (exact) mass is 401 g/mol. The molecule has 2 aromatic carbocycles. The van der Waals surface area contributed by atoms with Gasteiger partial charge in [-0.3, -0.25) is 14.5 Å². The molecule has 0 aliphatic carbocycles. The summed E-state index contributed by atoms with van der Waals surface area (Å²) in [6, 6.07) is 18.6. The first-order valence-electron chi connectivity index (χ1n) is 9.65. The number of nitrogens with zero attached hydrogens (tertiary/aromatic N) is 2. The number of benzene rings is 2. The molecule has 2 aromatic rings. The number of hydrogen-bond acceptors (Lipinski definition) is 5. The highest BCUT2D eigenvalue weighted by molar-refractivity contribution is 7.92. The van der Waals surface area contributed by atoms with Gasteiger partial charge in [-0.05, 0) is 29.7 Å². The molecule has 0 saturated carbocycles. The van der Waals surface area contributed by atoms with Crippen molar-refractivity contribution in [1.82, 2.24) is 9.80 Å². The number of β-amino-alcohol motifs (C(OH)–C–C–N with tert-alkyl or cyclic N) is 1. The molecule has 2 fully saturated rings. The highest BCUT2D eigenvalue weighted by Gasteiger charge is 2.43. The molecule has 7 heteroatoms. The third-order valence-electron chi connectivity index (χ3n) is 5.70. The van der Waals surface area contributed by atoms with Crippen LogP contribution in [0.4, 0.5) is 5.69 Å². The first-order valence-corrected chi connectivity index (χ1v) is 11.5. The van der Waals surface area contributed by atoms with Gasteiger partial charge in [-0.25, -0.2) is 8.42 Å². The fraction of sp³-hybridized carbons (Fsp3) is 0.429. The van der Waals surface area contributed by atoms with Crippen molar-refractivity contribution in [1.29, 1.82) is 0 Å². The first-order chi connectivity index (χ1) is 13.4. The van der Waals surface area contributed by atoms with Crippen molar-refractivity contribution in [3.05, 3.63) is 65.7 Å². The third-order valence-corrected chi connectivity index (χ3v) is 6.31. The highest BCUT2D eigenvalue weighted by Crippen LogP contribution is 2.33. The van der Waals surface area contributed by atoms with Gasteiger partial charge < -0.3 is 5.11 Å². The van der Waals surface area contributed by atoms with Gasteiger partial charge >= 0.3 is 0 Å². The van der Waals surface area contributed by atoms with E-state index in [0.29, 0.717) is 24.3 Å². The van der Waals surface area contributed by atoms with E-state index in [-0.39, 0.29) is 0 Å². The largest absolute Gasteiger partial charge is 0.387 e. The van der Waals surface area contributed by atoms with Crippen molar-refractivity contribution in [2.24, 2.45) is 0 Å². The Balaban J connectivity index is 1.31. The van der Waals surface area contributed by atoms with Gasteiger partial charge in [0.1, 0.15) is 0 Å². The number of aliphatic hydroxyl groups is 1. The molecule has 0 aromatic heterocycles. The number of anilines is 1. The van der Waals surface area contributed by atoms with Crippen molar-refractivity contribution in [3.63, 3.8) is 0 Å². The second-order valence-corrected chi connectivity index (χ2v) is 9.67.